The van der Waals surface area contributed by atoms with E-state index >= 15 is 0 Å². The molecular formula is C23H32N4O. The fourth-order valence-electron chi connectivity index (χ4n) is 3.83. The van der Waals surface area contributed by atoms with E-state index in [0.717, 1.165) is 57.8 Å². The van der Waals surface area contributed by atoms with Gasteiger partial charge in [-0.1, -0.05) is 27.2 Å². The molecule has 5 nitrogen and oxygen atoms in total. The van der Waals surface area contributed by atoms with Gasteiger partial charge in [0.15, 0.2) is 0 Å². The Morgan fingerprint density at radius 2 is 1.89 bits per heavy atom. The van der Waals surface area contributed by atoms with Crippen LogP contribution in [0.2, 0.25) is 0 Å². The highest BCUT2D eigenvalue weighted by atomic mass is 16.3. The summed E-state index contributed by atoms with van der Waals surface area (Å²) in [6, 6.07) is 6.49. The minimum Gasteiger partial charge on any atom is -0.394 e. The van der Waals surface area contributed by atoms with E-state index in [9.17, 15) is 5.11 Å². The first-order chi connectivity index (χ1) is 13.4. The molecule has 2 N–H and O–H groups in total. The molecule has 28 heavy (non-hydrogen) atoms. The van der Waals surface area contributed by atoms with Gasteiger partial charge in [-0.3, -0.25) is 0 Å². The monoisotopic (exact) mass is 380 g/mol. The highest BCUT2D eigenvalue weighted by Gasteiger charge is 2.18. The number of aliphatic hydroxyl groups excluding tert-OH is 1. The van der Waals surface area contributed by atoms with Gasteiger partial charge in [0.05, 0.1) is 29.4 Å². The maximum absolute atomic E-state index is 9.86. The van der Waals surface area contributed by atoms with E-state index in [4.69, 9.17) is 9.97 Å². The molecule has 3 rings (SSSR count). The topological polar surface area (TPSA) is 63.0 Å². The summed E-state index contributed by atoms with van der Waals surface area (Å²) in [6.45, 7) is 10.8. The van der Waals surface area contributed by atoms with E-state index in [2.05, 4.69) is 68.9 Å². The van der Waals surface area contributed by atoms with E-state index in [1.165, 1.54) is 0 Å². The van der Waals surface area contributed by atoms with E-state index in [0.29, 0.717) is 5.92 Å². The molecule has 0 fully saturated rings. The third kappa shape index (κ3) is 3.63. The molecule has 3 aromatic rings. The van der Waals surface area contributed by atoms with Gasteiger partial charge in [-0.25, -0.2) is 9.97 Å². The number of rotatable bonds is 7. The Hall–Kier alpha value is -2.40. The third-order valence-corrected chi connectivity index (χ3v) is 5.40. The number of aryl methyl sites for hydroxylation is 2. The van der Waals surface area contributed by atoms with Crippen molar-refractivity contribution in [2.24, 2.45) is 0 Å². The summed E-state index contributed by atoms with van der Waals surface area (Å²) in [5.74, 6) is 1.24. The van der Waals surface area contributed by atoms with Crippen molar-refractivity contribution in [3.05, 3.63) is 41.2 Å². The molecule has 1 atom stereocenters. The predicted molar refractivity (Wildman–Crippen MR) is 117 cm³/mol. The van der Waals surface area contributed by atoms with Gasteiger partial charge in [0.2, 0.25) is 0 Å². The number of aliphatic hydroxyl groups is 1. The molecule has 0 bridgehead atoms. The minimum absolute atomic E-state index is 0.0908. The Kier molecular flexibility index (Phi) is 6.04. The molecule has 0 aliphatic carbocycles. The largest absolute Gasteiger partial charge is 0.394 e. The first-order valence-electron chi connectivity index (χ1n) is 10.2. The fraction of sp³-hybridized carbons (Fsp3) is 0.478. The summed E-state index contributed by atoms with van der Waals surface area (Å²) in [5.41, 5.74) is 7.36. The zero-order valence-electron chi connectivity index (χ0n) is 17.9. The van der Waals surface area contributed by atoms with Crippen molar-refractivity contribution in [2.45, 2.75) is 59.4 Å². The first-order valence-corrected chi connectivity index (χ1v) is 10.2. The van der Waals surface area contributed by atoms with Crippen LogP contribution in [0.1, 0.15) is 62.4 Å². The van der Waals surface area contributed by atoms with Gasteiger partial charge in [0, 0.05) is 24.5 Å². The van der Waals surface area contributed by atoms with E-state index in [-0.39, 0.29) is 12.6 Å². The smallest absolute Gasteiger partial charge is 0.135 e. The van der Waals surface area contributed by atoms with Crippen molar-refractivity contribution < 1.29 is 5.11 Å². The van der Waals surface area contributed by atoms with Gasteiger partial charge < -0.3 is 15.0 Å². The standard InChI is InChI=1S/C23H32N4O/c1-7-8-17(13-28)27-12-16(5)22-20(27)11-15(4)21(26-22)18-9-10-19(14(2)3)25-23(18)24-6/h9-12,14,17,28H,7-8,13H2,1-6H3,(H,24,25)/t17-/m1/s1. The SMILES string of the molecule is CCC[C@H](CO)n1cc(C)c2nc(-c3ccc(C(C)C)nc3NC)c(C)cc21. The van der Waals surface area contributed by atoms with Crippen molar-refractivity contribution in [1.82, 2.24) is 14.5 Å². The van der Waals surface area contributed by atoms with Gasteiger partial charge in [0.1, 0.15) is 5.82 Å². The molecule has 3 aromatic heterocycles. The molecule has 0 amide bonds. The van der Waals surface area contributed by atoms with Crippen LogP contribution < -0.4 is 5.32 Å². The molecule has 0 aliphatic rings. The summed E-state index contributed by atoms with van der Waals surface area (Å²) >= 11 is 0. The van der Waals surface area contributed by atoms with Crippen LogP contribution in [0.5, 0.6) is 0 Å². The van der Waals surface area contributed by atoms with Crippen LogP contribution in [0.3, 0.4) is 0 Å². The Labute approximate surface area is 167 Å². The Balaban J connectivity index is 2.17. The summed E-state index contributed by atoms with van der Waals surface area (Å²) in [6.07, 6.45) is 4.11. The molecule has 5 heteroatoms. The molecular weight excluding hydrogens is 348 g/mol. The van der Waals surface area contributed by atoms with Crippen molar-refractivity contribution in [3.8, 4) is 11.3 Å². The zero-order chi connectivity index (χ0) is 20.4. The molecule has 0 radical (unpaired) electrons. The van der Waals surface area contributed by atoms with Crippen LogP contribution in [0.15, 0.2) is 24.4 Å². The second kappa shape index (κ2) is 8.31. The lowest BCUT2D eigenvalue weighted by atomic mass is 10.0. The van der Waals surface area contributed by atoms with Crippen LogP contribution in [-0.2, 0) is 0 Å². The van der Waals surface area contributed by atoms with Crippen LogP contribution in [0.4, 0.5) is 5.82 Å². The number of hydrogen-bond donors (Lipinski definition) is 2. The summed E-state index contributed by atoms with van der Waals surface area (Å²) in [7, 11) is 1.90. The third-order valence-electron chi connectivity index (χ3n) is 5.40. The van der Waals surface area contributed by atoms with Crippen molar-refractivity contribution in [2.75, 3.05) is 19.0 Å². The molecule has 0 saturated heterocycles. The fourth-order valence-corrected chi connectivity index (χ4v) is 3.83. The zero-order valence-corrected chi connectivity index (χ0v) is 17.9. The lowest BCUT2D eigenvalue weighted by Crippen LogP contribution is -2.12. The molecule has 3 heterocycles. The molecule has 150 valence electrons. The molecule has 0 aliphatic heterocycles. The van der Waals surface area contributed by atoms with Crippen LogP contribution in [0.25, 0.3) is 22.3 Å². The maximum Gasteiger partial charge on any atom is 0.135 e. The lowest BCUT2D eigenvalue weighted by molar-refractivity contribution is 0.223. The van der Waals surface area contributed by atoms with Gasteiger partial charge in [-0.05, 0) is 55.5 Å². The highest BCUT2D eigenvalue weighted by Crippen LogP contribution is 2.33. The van der Waals surface area contributed by atoms with Crippen LogP contribution in [0, 0.1) is 13.8 Å². The summed E-state index contributed by atoms with van der Waals surface area (Å²) in [5, 5.41) is 13.1. The first kappa shape index (κ1) is 20.3. The Bertz CT molecular complexity index is 974. The van der Waals surface area contributed by atoms with Crippen molar-refractivity contribution in [1.29, 1.82) is 0 Å². The lowest BCUT2D eigenvalue weighted by Gasteiger charge is -2.18. The second-order valence-corrected chi connectivity index (χ2v) is 7.90. The van der Waals surface area contributed by atoms with Crippen LogP contribution >= 0.6 is 0 Å². The number of hydrogen-bond acceptors (Lipinski definition) is 4. The van der Waals surface area contributed by atoms with Crippen LogP contribution in [-0.4, -0.2) is 33.3 Å². The van der Waals surface area contributed by atoms with Crippen molar-refractivity contribution in [3.63, 3.8) is 0 Å². The van der Waals surface area contributed by atoms with E-state index < -0.39 is 0 Å². The summed E-state index contributed by atoms with van der Waals surface area (Å²) < 4.78 is 2.19. The Morgan fingerprint density at radius 3 is 2.50 bits per heavy atom. The number of nitrogens with one attached hydrogen (secondary N) is 1. The molecule has 0 spiro atoms. The van der Waals surface area contributed by atoms with E-state index in [1.54, 1.807) is 0 Å². The van der Waals surface area contributed by atoms with Gasteiger partial charge in [-0.2, -0.15) is 0 Å². The normalized spacial score (nSPS) is 12.7. The average molecular weight is 381 g/mol. The predicted octanol–water partition coefficient (Wildman–Crippen LogP) is 5.21. The van der Waals surface area contributed by atoms with Gasteiger partial charge >= 0.3 is 0 Å². The quantitative estimate of drug-likeness (QED) is 0.590. The summed E-state index contributed by atoms with van der Waals surface area (Å²) in [4.78, 5) is 9.84. The number of pyridine rings is 2. The molecule has 0 saturated carbocycles. The number of nitrogens with zero attached hydrogens (tertiary/aromatic N) is 3. The molecule has 0 unspecified atom stereocenters. The van der Waals surface area contributed by atoms with Gasteiger partial charge in [0.25, 0.3) is 0 Å². The Morgan fingerprint density at radius 1 is 1.14 bits per heavy atom. The number of anilines is 1. The average Bonchev–Trinajstić information content (AvgIpc) is 3.00. The van der Waals surface area contributed by atoms with E-state index in [1.807, 2.05) is 7.05 Å². The second-order valence-electron chi connectivity index (χ2n) is 7.90. The number of aromatic nitrogens is 3. The van der Waals surface area contributed by atoms with Gasteiger partial charge in [-0.15, -0.1) is 0 Å². The minimum atomic E-state index is 0.0908. The number of fused-ring (bicyclic) bond motifs is 1. The van der Waals surface area contributed by atoms with Crippen molar-refractivity contribution >= 4 is 16.9 Å². The maximum atomic E-state index is 9.86. The molecule has 0 aromatic carbocycles. The highest BCUT2D eigenvalue weighted by molar-refractivity contribution is 5.86.